The Balaban J connectivity index is 2.12. The first-order chi connectivity index (χ1) is 5.70. The molecular formula is C9H15Cl2N. The SMILES string of the molecule is CN1C2CCC(Cl)C1CCC2Cl. The van der Waals surface area contributed by atoms with Gasteiger partial charge >= 0.3 is 0 Å². The number of rotatable bonds is 0. The second-order valence-electron chi connectivity index (χ2n) is 3.99. The number of hydrogen-bond acceptors (Lipinski definition) is 1. The summed E-state index contributed by atoms with van der Waals surface area (Å²) in [4.78, 5) is 2.39. The van der Waals surface area contributed by atoms with Crippen LogP contribution in [-0.4, -0.2) is 34.8 Å². The normalized spacial score (nSPS) is 49.2. The Bertz CT molecular complexity index is 156. The van der Waals surface area contributed by atoms with Crippen molar-refractivity contribution in [3.8, 4) is 0 Å². The number of hydrogen-bond donors (Lipinski definition) is 0. The monoisotopic (exact) mass is 207 g/mol. The molecule has 70 valence electrons. The van der Waals surface area contributed by atoms with Crippen LogP contribution in [0.15, 0.2) is 0 Å². The highest BCUT2D eigenvalue weighted by molar-refractivity contribution is 6.22. The van der Waals surface area contributed by atoms with Crippen LogP contribution in [-0.2, 0) is 0 Å². The van der Waals surface area contributed by atoms with Crippen molar-refractivity contribution in [3.63, 3.8) is 0 Å². The van der Waals surface area contributed by atoms with E-state index in [2.05, 4.69) is 11.9 Å². The van der Waals surface area contributed by atoms with Crippen LogP contribution in [0.3, 0.4) is 0 Å². The third-order valence-electron chi connectivity index (χ3n) is 3.36. The van der Waals surface area contributed by atoms with E-state index in [1.54, 1.807) is 0 Å². The van der Waals surface area contributed by atoms with E-state index in [9.17, 15) is 0 Å². The van der Waals surface area contributed by atoms with Gasteiger partial charge in [-0.2, -0.15) is 0 Å². The largest absolute Gasteiger partial charge is 0.298 e. The highest BCUT2D eigenvalue weighted by Crippen LogP contribution is 2.37. The molecule has 0 aromatic heterocycles. The molecule has 3 heteroatoms. The van der Waals surface area contributed by atoms with Gasteiger partial charge in [0.15, 0.2) is 0 Å². The van der Waals surface area contributed by atoms with Crippen molar-refractivity contribution in [1.82, 2.24) is 4.90 Å². The van der Waals surface area contributed by atoms with Crippen LogP contribution in [0, 0.1) is 0 Å². The number of halogens is 2. The lowest BCUT2D eigenvalue weighted by atomic mass is 9.84. The van der Waals surface area contributed by atoms with E-state index >= 15 is 0 Å². The fourth-order valence-electron chi connectivity index (χ4n) is 2.57. The maximum absolute atomic E-state index is 6.24. The molecule has 12 heavy (non-hydrogen) atoms. The molecule has 0 amide bonds. The highest BCUT2D eigenvalue weighted by Gasteiger charge is 2.40. The smallest absolute Gasteiger partial charge is 0.0492 e. The van der Waals surface area contributed by atoms with Crippen molar-refractivity contribution in [1.29, 1.82) is 0 Å². The minimum absolute atomic E-state index is 0.357. The molecule has 0 saturated carbocycles. The molecule has 4 unspecified atom stereocenters. The van der Waals surface area contributed by atoms with E-state index in [1.165, 1.54) is 12.8 Å². The molecule has 2 fully saturated rings. The number of piperidine rings is 2. The van der Waals surface area contributed by atoms with Gasteiger partial charge in [0.1, 0.15) is 0 Å². The average Bonchev–Trinajstić information content (AvgIpc) is 2.01. The highest BCUT2D eigenvalue weighted by atomic mass is 35.5. The fraction of sp³-hybridized carbons (Fsp3) is 1.00. The molecule has 2 rings (SSSR count). The fourth-order valence-corrected chi connectivity index (χ4v) is 3.43. The van der Waals surface area contributed by atoms with Crippen LogP contribution >= 0.6 is 23.2 Å². The molecule has 4 atom stereocenters. The molecule has 0 aromatic carbocycles. The molecule has 0 aliphatic carbocycles. The van der Waals surface area contributed by atoms with Gasteiger partial charge in [-0.25, -0.2) is 0 Å². The minimum atomic E-state index is 0.357. The van der Waals surface area contributed by atoms with E-state index in [-0.39, 0.29) is 0 Å². The third kappa shape index (κ3) is 1.36. The van der Waals surface area contributed by atoms with Crippen molar-refractivity contribution in [2.24, 2.45) is 0 Å². The van der Waals surface area contributed by atoms with Crippen LogP contribution in [0.25, 0.3) is 0 Å². The van der Waals surface area contributed by atoms with Gasteiger partial charge in [0.25, 0.3) is 0 Å². The number of fused-ring (bicyclic) bond motifs is 2. The van der Waals surface area contributed by atoms with Gasteiger partial charge in [0.2, 0.25) is 0 Å². The quantitative estimate of drug-likeness (QED) is 0.552. The summed E-state index contributed by atoms with van der Waals surface area (Å²) in [6, 6.07) is 1.17. The number of nitrogens with zero attached hydrogens (tertiary/aromatic N) is 1. The Morgan fingerprint density at radius 2 is 1.33 bits per heavy atom. The lowest BCUT2D eigenvalue weighted by Gasteiger charge is -2.48. The Morgan fingerprint density at radius 3 is 1.75 bits per heavy atom. The Labute approximate surface area is 84.0 Å². The molecule has 2 saturated heterocycles. The van der Waals surface area contributed by atoms with E-state index in [0.29, 0.717) is 22.8 Å². The summed E-state index contributed by atoms with van der Waals surface area (Å²) in [5.74, 6) is 0. The predicted octanol–water partition coefficient (Wildman–Crippen LogP) is 2.46. The zero-order chi connectivity index (χ0) is 8.72. The molecule has 0 aromatic rings. The predicted molar refractivity (Wildman–Crippen MR) is 53.1 cm³/mol. The molecule has 0 N–H and O–H groups in total. The lowest BCUT2D eigenvalue weighted by Crippen LogP contribution is -2.56. The maximum atomic E-state index is 6.24. The molecule has 2 aliphatic heterocycles. The maximum Gasteiger partial charge on any atom is 0.0492 e. The van der Waals surface area contributed by atoms with Gasteiger partial charge in [-0.1, -0.05) is 0 Å². The van der Waals surface area contributed by atoms with Crippen LogP contribution in [0.2, 0.25) is 0 Å². The first-order valence-corrected chi connectivity index (χ1v) is 5.57. The van der Waals surface area contributed by atoms with Crippen molar-refractivity contribution in [2.45, 2.75) is 48.5 Å². The topological polar surface area (TPSA) is 3.24 Å². The molecule has 0 spiro atoms. The molecule has 2 heterocycles. The summed E-state index contributed by atoms with van der Waals surface area (Å²) in [7, 11) is 2.17. The van der Waals surface area contributed by atoms with Gasteiger partial charge in [-0.3, -0.25) is 4.90 Å². The van der Waals surface area contributed by atoms with Gasteiger partial charge < -0.3 is 0 Å². The molecular weight excluding hydrogens is 193 g/mol. The average molecular weight is 208 g/mol. The van der Waals surface area contributed by atoms with Crippen LogP contribution < -0.4 is 0 Å². The van der Waals surface area contributed by atoms with Crippen LogP contribution in [0.4, 0.5) is 0 Å². The van der Waals surface area contributed by atoms with Crippen LogP contribution in [0.5, 0.6) is 0 Å². The summed E-state index contributed by atoms with van der Waals surface area (Å²) in [6.07, 6.45) is 4.64. The Kier molecular flexibility index (Phi) is 2.55. The summed E-state index contributed by atoms with van der Waals surface area (Å²) >= 11 is 12.5. The number of alkyl halides is 2. The third-order valence-corrected chi connectivity index (χ3v) is 4.38. The summed E-state index contributed by atoms with van der Waals surface area (Å²) in [5.41, 5.74) is 0. The second kappa shape index (κ2) is 3.36. The van der Waals surface area contributed by atoms with Gasteiger partial charge in [-0.05, 0) is 32.7 Å². The Morgan fingerprint density at radius 1 is 0.917 bits per heavy atom. The standard InChI is InChI=1S/C9H15Cl2N/c1-12-8-4-2-6(10)9(12)5-3-7(8)11/h6-9H,2-5H2,1H3. The van der Waals surface area contributed by atoms with E-state index in [4.69, 9.17) is 23.2 Å². The van der Waals surface area contributed by atoms with E-state index in [0.717, 1.165) is 12.8 Å². The first kappa shape index (κ1) is 9.11. The molecule has 1 nitrogen and oxygen atoms in total. The minimum Gasteiger partial charge on any atom is -0.298 e. The molecule has 2 aliphatic rings. The van der Waals surface area contributed by atoms with Gasteiger partial charge in [-0.15, -0.1) is 23.2 Å². The van der Waals surface area contributed by atoms with Crippen molar-refractivity contribution in [3.05, 3.63) is 0 Å². The lowest BCUT2D eigenvalue weighted by molar-refractivity contribution is 0.0738. The zero-order valence-corrected chi connectivity index (χ0v) is 8.85. The van der Waals surface area contributed by atoms with Crippen molar-refractivity contribution < 1.29 is 0 Å². The zero-order valence-electron chi connectivity index (χ0n) is 7.34. The molecule has 2 bridgehead atoms. The first-order valence-electron chi connectivity index (χ1n) is 4.70. The van der Waals surface area contributed by atoms with Crippen molar-refractivity contribution in [2.75, 3.05) is 7.05 Å². The second-order valence-corrected chi connectivity index (χ2v) is 5.11. The van der Waals surface area contributed by atoms with E-state index in [1.807, 2.05) is 0 Å². The van der Waals surface area contributed by atoms with Crippen LogP contribution in [0.1, 0.15) is 25.7 Å². The van der Waals surface area contributed by atoms with Gasteiger partial charge in [0.05, 0.1) is 0 Å². The summed E-state index contributed by atoms with van der Waals surface area (Å²) in [5, 5.41) is 0.714. The van der Waals surface area contributed by atoms with E-state index < -0.39 is 0 Å². The molecule has 0 radical (unpaired) electrons. The summed E-state index contributed by atoms with van der Waals surface area (Å²) < 4.78 is 0. The van der Waals surface area contributed by atoms with Crippen molar-refractivity contribution >= 4 is 23.2 Å². The Hall–Kier alpha value is 0.540. The summed E-state index contributed by atoms with van der Waals surface area (Å²) in [6.45, 7) is 0. The van der Waals surface area contributed by atoms with Gasteiger partial charge in [0, 0.05) is 22.8 Å².